The van der Waals surface area contributed by atoms with Gasteiger partial charge in [0.25, 0.3) is 10.0 Å². The van der Waals surface area contributed by atoms with E-state index in [1.54, 1.807) is 18.3 Å². The van der Waals surface area contributed by atoms with Crippen molar-refractivity contribution in [2.45, 2.75) is 36.1 Å². The van der Waals surface area contributed by atoms with Crippen LogP contribution in [-0.4, -0.2) is 47.8 Å². The average molecular weight is 405 g/mol. The van der Waals surface area contributed by atoms with Crippen LogP contribution in [-0.2, 0) is 10.0 Å². The van der Waals surface area contributed by atoms with Gasteiger partial charge in [-0.15, -0.1) is 4.31 Å². The van der Waals surface area contributed by atoms with Crippen molar-refractivity contribution in [3.8, 4) is 6.19 Å². The van der Waals surface area contributed by atoms with E-state index in [-0.39, 0.29) is 15.6 Å². The van der Waals surface area contributed by atoms with Gasteiger partial charge in [0.1, 0.15) is 6.33 Å². The number of benzene rings is 1. The predicted octanol–water partition coefficient (Wildman–Crippen LogP) is 2.25. The van der Waals surface area contributed by atoms with Crippen molar-refractivity contribution in [1.29, 1.82) is 5.26 Å². The molecular formula is C17H20N6O2S2. The Morgan fingerprint density at radius 3 is 2.56 bits per heavy atom. The summed E-state index contributed by atoms with van der Waals surface area (Å²) < 4.78 is 29.8. The van der Waals surface area contributed by atoms with Gasteiger partial charge in [0, 0.05) is 29.3 Å². The lowest BCUT2D eigenvalue weighted by Gasteiger charge is -2.32. The van der Waals surface area contributed by atoms with Gasteiger partial charge in [-0.2, -0.15) is 18.1 Å². The van der Waals surface area contributed by atoms with Crippen LogP contribution in [0.3, 0.4) is 0 Å². The zero-order valence-corrected chi connectivity index (χ0v) is 16.3. The molecule has 1 aromatic heterocycles. The van der Waals surface area contributed by atoms with Crippen LogP contribution in [0.2, 0.25) is 0 Å². The van der Waals surface area contributed by atoms with Crippen molar-refractivity contribution in [3.05, 3.63) is 30.6 Å². The van der Waals surface area contributed by atoms with Gasteiger partial charge in [-0.3, -0.25) is 4.90 Å². The van der Waals surface area contributed by atoms with E-state index < -0.39 is 10.0 Å². The van der Waals surface area contributed by atoms with E-state index in [9.17, 15) is 13.7 Å². The first kappa shape index (κ1) is 18.2. The fourth-order valence-corrected chi connectivity index (χ4v) is 5.93. The smallest absolute Gasteiger partial charge is 0.278 e. The zero-order valence-electron chi connectivity index (χ0n) is 14.7. The first-order chi connectivity index (χ1) is 13.0. The molecule has 0 atom stereocenters. The Kier molecular flexibility index (Phi) is 4.75. The Labute approximate surface area is 162 Å². The second-order valence-corrected chi connectivity index (χ2v) is 9.43. The van der Waals surface area contributed by atoms with Crippen LogP contribution in [0.5, 0.6) is 0 Å². The number of fused-ring (bicyclic) bond motifs is 1. The fraction of sp³-hybridized carbons (Fsp3) is 0.471. The average Bonchev–Trinajstić information content (AvgIpc) is 3.38. The molecule has 2 fully saturated rings. The number of sulfonamides is 1. The van der Waals surface area contributed by atoms with E-state index in [0.29, 0.717) is 4.31 Å². The number of aromatic nitrogens is 2. The molecule has 0 saturated carbocycles. The van der Waals surface area contributed by atoms with Crippen LogP contribution in [0.15, 0.2) is 35.5 Å². The van der Waals surface area contributed by atoms with E-state index in [2.05, 4.69) is 19.6 Å². The molecular weight excluding hydrogens is 384 g/mol. The van der Waals surface area contributed by atoms with Gasteiger partial charge in [0.15, 0.2) is 0 Å². The Hall–Kier alpha value is -2.22. The summed E-state index contributed by atoms with van der Waals surface area (Å²) in [7, 11) is -3.99. The second kappa shape index (κ2) is 7.07. The van der Waals surface area contributed by atoms with E-state index in [1.165, 1.54) is 57.2 Å². The van der Waals surface area contributed by atoms with Crippen molar-refractivity contribution in [3.63, 3.8) is 0 Å². The number of nitrogens with one attached hydrogen (secondary N) is 1. The molecule has 0 spiro atoms. The maximum Gasteiger partial charge on any atom is 0.278 e. The molecule has 8 nitrogen and oxygen atoms in total. The van der Waals surface area contributed by atoms with Crippen LogP contribution in [0.25, 0.3) is 0 Å². The molecule has 1 aromatic carbocycles. The maximum absolute atomic E-state index is 12.7. The number of hydrogen-bond donors (Lipinski definition) is 1. The lowest BCUT2D eigenvalue weighted by Crippen LogP contribution is -2.44. The van der Waals surface area contributed by atoms with E-state index in [0.717, 1.165) is 23.8 Å². The third kappa shape index (κ3) is 3.26. The number of anilines is 2. The van der Waals surface area contributed by atoms with Crippen molar-refractivity contribution >= 4 is 32.4 Å². The minimum Gasteiger partial charge on any atom is -0.383 e. The largest absolute Gasteiger partial charge is 0.383 e. The number of nitriles is 1. The molecule has 3 heterocycles. The molecule has 0 amide bonds. The van der Waals surface area contributed by atoms with Crippen molar-refractivity contribution in [2.24, 2.45) is 0 Å². The van der Waals surface area contributed by atoms with Gasteiger partial charge in [-0.1, -0.05) is 0 Å². The Morgan fingerprint density at radius 1 is 1.26 bits per heavy atom. The van der Waals surface area contributed by atoms with E-state index in [1.807, 2.05) is 0 Å². The molecule has 4 rings (SSSR count). The van der Waals surface area contributed by atoms with Crippen molar-refractivity contribution in [1.82, 2.24) is 14.3 Å². The quantitative estimate of drug-likeness (QED) is 0.582. The minimum atomic E-state index is -3.99. The van der Waals surface area contributed by atoms with Crippen LogP contribution >= 0.6 is 11.5 Å². The zero-order chi connectivity index (χ0) is 18.9. The highest BCUT2D eigenvalue weighted by molar-refractivity contribution is 7.93. The SMILES string of the molecule is N#CN(c1ncns1)S(=O)(=O)c1ccc(NCC23CCCN2CCC3)cc1. The summed E-state index contributed by atoms with van der Waals surface area (Å²) in [6, 6.07) is 6.52. The maximum atomic E-state index is 12.7. The molecule has 10 heteroatoms. The van der Waals surface area contributed by atoms with Gasteiger partial charge in [0.2, 0.25) is 11.3 Å². The predicted molar refractivity (Wildman–Crippen MR) is 103 cm³/mol. The molecule has 1 N–H and O–H groups in total. The third-order valence-electron chi connectivity index (χ3n) is 5.44. The van der Waals surface area contributed by atoms with Crippen LogP contribution in [0.1, 0.15) is 25.7 Å². The summed E-state index contributed by atoms with van der Waals surface area (Å²) in [5.74, 6) is 0. The number of hydrogen-bond acceptors (Lipinski definition) is 8. The molecule has 2 aromatic rings. The summed E-state index contributed by atoms with van der Waals surface area (Å²) in [6.07, 6.45) is 7.82. The van der Waals surface area contributed by atoms with Gasteiger partial charge < -0.3 is 5.32 Å². The standard InChI is InChI=1S/C17H20N6O2S2/c18-12-23(16-20-13-21-26-16)27(24,25)15-5-3-14(4-6-15)19-11-17-7-1-9-22(17)10-2-8-17/h3-6,13,19H,1-2,7-11H2. The normalized spacial score (nSPS) is 18.8. The van der Waals surface area contributed by atoms with Crippen molar-refractivity contribution in [2.75, 3.05) is 29.3 Å². The molecule has 2 aliphatic rings. The molecule has 0 aliphatic carbocycles. The Morgan fingerprint density at radius 2 is 1.96 bits per heavy atom. The lowest BCUT2D eigenvalue weighted by atomic mass is 9.94. The van der Waals surface area contributed by atoms with Crippen LogP contribution < -0.4 is 9.62 Å². The number of nitrogens with zero attached hydrogens (tertiary/aromatic N) is 5. The molecule has 2 aliphatic heterocycles. The lowest BCUT2D eigenvalue weighted by molar-refractivity contribution is 0.209. The molecule has 0 bridgehead atoms. The topological polar surface area (TPSA) is 102 Å². The minimum absolute atomic E-state index is 0.0290. The van der Waals surface area contributed by atoms with E-state index in [4.69, 9.17) is 0 Å². The monoisotopic (exact) mass is 404 g/mol. The highest BCUT2D eigenvalue weighted by Gasteiger charge is 2.43. The molecule has 0 unspecified atom stereocenters. The number of rotatable bonds is 6. The molecule has 2 saturated heterocycles. The van der Waals surface area contributed by atoms with Gasteiger partial charge in [0.05, 0.1) is 4.90 Å². The molecule has 0 radical (unpaired) electrons. The molecule has 27 heavy (non-hydrogen) atoms. The summed E-state index contributed by atoms with van der Waals surface area (Å²) in [4.78, 5) is 6.44. The fourth-order valence-electron chi connectivity index (χ4n) is 4.09. The summed E-state index contributed by atoms with van der Waals surface area (Å²) >= 11 is 0.857. The van der Waals surface area contributed by atoms with Gasteiger partial charge in [-0.05, 0) is 63.0 Å². The summed E-state index contributed by atoms with van der Waals surface area (Å²) in [5, 5.41) is 12.8. The van der Waals surface area contributed by atoms with Crippen LogP contribution in [0.4, 0.5) is 10.8 Å². The first-order valence-corrected chi connectivity index (χ1v) is 11.1. The van der Waals surface area contributed by atoms with E-state index >= 15 is 0 Å². The second-order valence-electron chi connectivity index (χ2n) is 6.89. The van der Waals surface area contributed by atoms with Crippen molar-refractivity contribution < 1.29 is 8.42 Å². The van der Waals surface area contributed by atoms with Gasteiger partial charge >= 0.3 is 0 Å². The van der Waals surface area contributed by atoms with Gasteiger partial charge in [-0.25, -0.2) is 4.98 Å². The van der Waals surface area contributed by atoms with Crippen LogP contribution in [0, 0.1) is 11.5 Å². The highest BCUT2D eigenvalue weighted by Crippen LogP contribution is 2.38. The molecule has 142 valence electrons. The Bertz CT molecular complexity index is 927. The highest BCUT2D eigenvalue weighted by atomic mass is 32.2. The first-order valence-electron chi connectivity index (χ1n) is 8.86. The Balaban J connectivity index is 1.48. The summed E-state index contributed by atoms with van der Waals surface area (Å²) in [5.41, 5.74) is 1.13. The summed E-state index contributed by atoms with van der Waals surface area (Å²) in [6.45, 7) is 3.22. The third-order valence-corrected chi connectivity index (χ3v) is 7.81.